The van der Waals surface area contributed by atoms with Crippen molar-refractivity contribution in [3.8, 4) is 5.75 Å². The van der Waals surface area contributed by atoms with Gasteiger partial charge in [0, 0.05) is 25.7 Å². The second kappa shape index (κ2) is 6.43. The molecule has 1 unspecified atom stereocenters. The molecule has 1 N–H and O–H groups in total. The van der Waals surface area contributed by atoms with Crippen molar-refractivity contribution in [3.63, 3.8) is 0 Å². The number of imide groups is 1. The van der Waals surface area contributed by atoms with Gasteiger partial charge in [-0.3, -0.25) is 14.6 Å². The third-order valence-electron chi connectivity index (χ3n) is 4.72. The molecule has 1 atom stereocenters. The number of nitrogens with one attached hydrogen (secondary N) is 1. The van der Waals surface area contributed by atoms with Crippen molar-refractivity contribution in [2.24, 2.45) is 0 Å². The van der Waals surface area contributed by atoms with Crippen molar-refractivity contribution >= 4 is 11.9 Å². The van der Waals surface area contributed by atoms with Crippen LogP contribution in [0.2, 0.25) is 0 Å². The molecule has 6 heteroatoms. The molecule has 1 spiro atoms. The molecule has 1 aromatic carbocycles. The molecule has 0 aliphatic carbocycles. The van der Waals surface area contributed by atoms with Crippen LogP contribution in [0.5, 0.6) is 5.75 Å². The largest absolute Gasteiger partial charge is 0.492 e. The summed E-state index contributed by atoms with van der Waals surface area (Å²) in [5.74, 6) is 0.768. The predicted octanol–water partition coefficient (Wildman–Crippen LogP) is 1.78. The van der Waals surface area contributed by atoms with Gasteiger partial charge in [-0.1, -0.05) is 12.1 Å². The Bertz CT molecular complexity index is 646. The lowest BCUT2D eigenvalue weighted by molar-refractivity contribution is -0.132. The summed E-state index contributed by atoms with van der Waals surface area (Å²) in [6.45, 7) is 8.40. The summed E-state index contributed by atoms with van der Waals surface area (Å²) in [7, 11) is 0. The van der Waals surface area contributed by atoms with Crippen LogP contribution in [-0.4, -0.2) is 59.6 Å². The van der Waals surface area contributed by atoms with Crippen LogP contribution in [-0.2, 0) is 4.79 Å². The van der Waals surface area contributed by atoms with Crippen molar-refractivity contribution in [1.29, 1.82) is 0 Å². The minimum absolute atomic E-state index is 0.0930. The molecule has 0 aromatic heterocycles. The number of aryl methyl sites for hydroxylation is 1. The van der Waals surface area contributed by atoms with E-state index in [-0.39, 0.29) is 18.0 Å². The van der Waals surface area contributed by atoms with Gasteiger partial charge in [0.15, 0.2) is 0 Å². The summed E-state index contributed by atoms with van der Waals surface area (Å²) >= 11 is 0. The van der Waals surface area contributed by atoms with E-state index in [0.29, 0.717) is 19.6 Å². The number of benzene rings is 1. The highest BCUT2D eigenvalue weighted by Gasteiger charge is 2.55. The number of urea groups is 1. The number of nitrogens with zero attached hydrogens (tertiary/aromatic N) is 2. The van der Waals surface area contributed by atoms with Crippen molar-refractivity contribution in [1.82, 2.24) is 15.1 Å². The van der Waals surface area contributed by atoms with Gasteiger partial charge in [0.2, 0.25) is 0 Å². The Hall–Kier alpha value is -2.08. The summed E-state index contributed by atoms with van der Waals surface area (Å²) < 4.78 is 5.78. The van der Waals surface area contributed by atoms with Gasteiger partial charge >= 0.3 is 6.03 Å². The van der Waals surface area contributed by atoms with Gasteiger partial charge in [-0.15, -0.1) is 0 Å². The molecular formula is C18H25N3O3. The Balaban J connectivity index is 1.54. The van der Waals surface area contributed by atoms with E-state index in [9.17, 15) is 9.59 Å². The smallest absolute Gasteiger partial charge is 0.325 e. The molecule has 2 saturated heterocycles. The second-order valence-corrected chi connectivity index (χ2v) is 6.97. The van der Waals surface area contributed by atoms with Crippen LogP contribution in [0.3, 0.4) is 0 Å². The number of amides is 3. The highest BCUT2D eigenvalue weighted by atomic mass is 16.5. The van der Waals surface area contributed by atoms with Gasteiger partial charge in [-0.25, -0.2) is 4.79 Å². The fourth-order valence-corrected chi connectivity index (χ4v) is 3.46. The molecule has 130 valence electrons. The molecule has 0 bridgehead atoms. The molecule has 3 amide bonds. The normalized spacial score (nSPS) is 24.2. The number of carbonyl (C=O) groups is 2. The van der Waals surface area contributed by atoms with E-state index in [0.717, 1.165) is 18.8 Å². The highest BCUT2D eigenvalue weighted by Crippen LogP contribution is 2.29. The summed E-state index contributed by atoms with van der Waals surface area (Å²) in [5.41, 5.74) is 0.422. The zero-order valence-electron chi connectivity index (χ0n) is 14.5. The zero-order chi connectivity index (χ0) is 17.3. The molecule has 1 aromatic rings. The van der Waals surface area contributed by atoms with Crippen LogP contribution in [0, 0.1) is 6.92 Å². The number of rotatable bonds is 5. The summed E-state index contributed by atoms with van der Waals surface area (Å²) in [5, 5.41) is 2.91. The standard InChI is InChI=1S/C18H25N3O3/c1-13(2)21-16(22)18(19-17(21)23)7-8-20(12-18)9-10-24-15-6-4-5-14(3)11-15/h4-6,11,13H,7-10,12H2,1-3H3,(H,19,23). The molecule has 2 heterocycles. The van der Waals surface area contributed by atoms with Crippen molar-refractivity contribution in [2.45, 2.75) is 38.8 Å². The maximum absolute atomic E-state index is 12.6. The van der Waals surface area contributed by atoms with Crippen LogP contribution in [0.4, 0.5) is 4.79 Å². The molecule has 2 fully saturated rings. The zero-order valence-corrected chi connectivity index (χ0v) is 14.5. The van der Waals surface area contributed by atoms with Gasteiger partial charge in [-0.2, -0.15) is 0 Å². The summed E-state index contributed by atoms with van der Waals surface area (Å²) in [6.07, 6.45) is 0.658. The number of likely N-dealkylation sites (tertiary alicyclic amines) is 1. The molecule has 0 radical (unpaired) electrons. The average molecular weight is 331 g/mol. The third kappa shape index (κ3) is 3.11. The lowest BCUT2D eigenvalue weighted by atomic mass is 9.99. The Morgan fingerprint density at radius 3 is 2.79 bits per heavy atom. The van der Waals surface area contributed by atoms with Crippen LogP contribution >= 0.6 is 0 Å². The second-order valence-electron chi connectivity index (χ2n) is 6.97. The van der Waals surface area contributed by atoms with E-state index in [1.54, 1.807) is 0 Å². The van der Waals surface area contributed by atoms with Gasteiger partial charge in [0.1, 0.15) is 17.9 Å². The minimum Gasteiger partial charge on any atom is -0.492 e. The lowest BCUT2D eigenvalue weighted by Gasteiger charge is -2.23. The quantitative estimate of drug-likeness (QED) is 0.836. The fraction of sp³-hybridized carbons (Fsp3) is 0.556. The van der Waals surface area contributed by atoms with E-state index in [2.05, 4.69) is 10.2 Å². The highest BCUT2D eigenvalue weighted by molar-refractivity contribution is 6.07. The van der Waals surface area contributed by atoms with Crippen LogP contribution < -0.4 is 10.1 Å². The number of hydrogen-bond acceptors (Lipinski definition) is 4. The number of carbonyl (C=O) groups excluding carboxylic acids is 2. The Morgan fingerprint density at radius 2 is 2.12 bits per heavy atom. The monoisotopic (exact) mass is 331 g/mol. The molecule has 0 saturated carbocycles. The lowest BCUT2D eigenvalue weighted by Crippen LogP contribution is -2.49. The first-order chi connectivity index (χ1) is 11.4. The van der Waals surface area contributed by atoms with E-state index in [4.69, 9.17) is 4.74 Å². The Labute approximate surface area is 142 Å². The third-order valence-corrected chi connectivity index (χ3v) is 4.72. The van der Waals surface area contributed by atoms with Gasteiger partial charge in [-0.05, 0) is 44.9 Å². The molecule has 24 heavy (non-hydrogen) atoms. The first-order valence-electron chi connectivity index (χ1n) is 8.49. The Morgan fingerprint density at radius 1 is 1.33 bits per heavy atom. The average Bonchev–Trinajstić information content (AvgIpc) is 3.01. The Kier molecular flexibility index (Phi) is 4.49. The van der Waals surface area contributed by atoms with E-state index in [1.807, 2.05) is 45.0 Å². The fourth-order valence-electron chi connectivity index (χ4n) is 3.46. The van der Waals surface area contributed by atoms with E-state index >= 15 is 0 Å². The molecule has 6 nitrogen and oxygen atoms in total. The van der Waals surface area contributed by atoms with Crippen molar-refractivity contribution in [3.05, 3.63) is 29.8 Å². The van der Waals surface area contributed by atoms with Crippen LogP contribution in [0.1, 0.15) is 25.8 Å². The predicted molar refractivity (Wildman–Crippen MR) is 91.0 cm³/mol. The number of hydrogen-bond donors (Lipinski definition) is 1. The van der Waals surface area contributed by atoms with E-state index in [1.165, 1.54) is 10.5 Å². The molecule has 2 aliphatic heterocycles. The maximum Gasteiger partial charge on any atom is 0.325 e. The SMILES string of the molecule is Cc1cccc(OCCN2CCC3(C2)NC(=O)N(C(C)C)C3=O)c1. The van der Waals surface area contributed by atoms with Crippen LogP contribution in [0.15, 0.2) is 24.3 Å². The first-order valence-corrected chi connectivity index (χ1v) is 8.49. The first kappa shape index (κ1) is 16.8. The van der Waals surface area contributed by atoms with Gasteiger partial charge in [0.05, 0.1) is 0 Å². The van der Waals surface area contributed by atoms with Gasteiger partial charge in [0.25, 0.3) is 5.91 Å². The summed E-state index contributed by atoms with van der Waals surface area (Å²) in [6, 6.07) is 7.57. The molecule has 3 rings (SSSR count). The molecular weight excluding hydrogens is 306 g/mol. The maximum atomic E-state index is 12.6. The van der Waals surface area contributed by atoms with E-state index < -0.39 is 5.54 Å². The van der Waals surface area contributed by atoms with Crippen molar-refractivity contribution < 1.29 is 14.3 Å². The summed E-state index contributed by atoms with van der Waals surface area (Å²) in [4.78, 5) is 28.2. The van der Waals surface area contributed by atoms with Crippen molar-refractivity contribution in [2.75, 3.05) is 26.2 Å². The van der Waals surface area contributed by atoms with Gasteiger partial charge < -0.3 is 10.1 Å². The topological polar surface area (TPSA) is 61.9 Å². The molecule has 2 aliphatic rings. The minimum atomic E-state index is -0.745. The van der Waals surface area contributed by atoms with Crippen LogP contribution in [0.25, 0.3) is 0 Å². The number of ether oxygens (including phenoxy) is 1.